The zero-order valence-corrected chi connectivity index (χ0v) is 16.1. The van der Waals surface area contributed by atoms with Gasteiger partial charge in [-0.3, -0.25) is 4.79 Å². The van der Waals surface area contributed by atoms with Gasteiger partial charge in [0.25, 0.3) is 5.91 Å². The molecular formula is C21H23N5O2. The van der Waals surface area contributed by atoms with Gasteiger partial charge in [-0.25, -0.2) is 9.97 Å². The maximum Gasteiger partial charge on any atom is 0.274 e. The van der Waals surface area contributed by atoms with Gasteiger partial charge in [0.1, 0.15) is 11.4 Å². The lowest BCUT2D eigenvalue weighted by Crippen LogP contribution is -2.15. The van der Waals surface area contributed by atoms with Crippen LogP contribution in [0.1, 0.15) is 17.4 Å². The zero-order chi connectivity index (χ0) is 19.9. The summed E-state index contributed by atoms with van der Waals surface area (Å²) in [6, 6.07) is 16.7. The van der Waals surface area contributed by atoms with Crippen molar-refractivity contribution in [3.8, 4) is 5.75 Å². The van der Waals surface area contributed by atoms with E-state index >= 15 is 0 Å². The van der Waals surface area contributed by atoms with Gasteiger partial charge < -0.3 is 20.3 Å². The molecule has 0 spiro atoms. The van der Waals surface area contributed by atoms with E-state index in [4.69, 9.17) is 4.74 Å². The van der Waals surface area contributed by atoms with Crippen LogP contribution in [-0.4, -0.2) is 36.6 Å². The Morgan fingerprint density at radius 1 is 1.07 bits per heavy atom. The SMILES string of the molecule is CCOc1ccccc1Nc1nccc(C(=O)Nc2ccc(N(C)C)cc2)n1. The quantitative estimate of drug-likeness (QED) is 0.649. The number of amides is 1. The summed E-state index contributed by atoms with van der Waals surface area (Å²) >= 11 is 0. The highest BCUT2D eigenvalue weighted by Gasteiger charge is 2.11. The summed E-state index contributed by atoms with van der Waals surface area (Å²) < 4.78 is 5.59. The molecule has 2 aromatic carbocycles. The van der Waals surface area contributed by atoms with E-state index in [0.29, 0.717) is 24.0 Å². The van der Waals surface area contributed by atoms with Crippen LogP contribution in [0, 0.1) is 0 Å². The predicted molar refractivity (Wildman–Crippen MR) is 112 cm³/mol. The number of nitrogens with zero attached hydrogens (tertiary/aromatic N) is 3. The van der Waals surface area contributed by atoms with E-state index in [1.54, 1.807) is 12.3 Å². The molecule has 7 heteroatoms. The van der Waals surface area contributed by atoms with Gasteiger partial charge in [-0.1, -0.05) is 12.1 Å². The second kappa shape index (κ2) is 8.85. The number of ether oxygens (including phenoxy) is 1. The molecule has 0 atom stereocenters. The largest absolute Gasteiger partial charge is 0.492 e. The molecule has 0 bridgehead atoms. The molecule has 0 aliphatic carbocycles. The van der Waals surface area contributed by atoms with E-state index in [1.807, 2.05) is 74.4 Å². The number of nitrogens with one attached hydrogen (secondary N) is 2. The van der Waals surface area contributed by atoms with E-state index in [2.05, 4.69) is 20.6 Å². The second-order valence-corrected chi connectivity index (χ2v) is 6.22. The zero-order valence-electron chi connectivity index (χ0n) is 16.1. The third-order valence-electron chi connectivity index (χ3n) is 3.96. The number of anilines is 4. The molecule has 0 fully saturated rings. The van der Waals surface area contributed by atoms with Crippen molar-refractivity contribution in [2.75, 3.05) is 36.2 Å². The van der Waals surface area contributed by atoms with Crippen molar-refractivity contribution in [1.29, 1.82) is 0 Å². The van der Waals surface area contributed by atoms with Gasteiger partial charge in [-0.2, -0.15) is 0 Å². The Hall–Kier alpha value is -3.61. The summed E-state index contributed by atoms with van der Waals surface area (Å²) in [4.78, 5) is 23.0. The van der Waals surface area contributed by atoms with Crippen LogP contribution in [0.4, 0.5) is 23.0 Å². The van der Waals surface area contributed by atoms with Crippen molar-refractivity contribution in [2.24, 2.45) is 0 Å². The number of para-hydroxylation sites is 2. The number of benzene rings is 2. The van der Waals surface area contributed by atoms with Crippen LogP contribution in [0.25, 0.3) is 0 Å². The van der Waals surface area contributed by atoms with Crippen LogP contribution in [0.3, 0.4) is 0 Å². The molecule has 0 aliphatic rings. The van der Waals surface area contributed by atoms with Gasteiger partial charge in [0.2, 0.25) is 5.95 Å². The molecule has 3 aromatic rings. The summed E-state index contributed by atoms with van der Waals surface area (Å²) in [5.74, 6) is 0.716. The van der Waals surface area contributed by atoms with Crippen molar-refractivity contribution in [2.45, 2.75) is 6.92 Å². The lowest BCUT2D eigenvalue weighted by atomic mass is 10.2. The molecular weight excluding hydrogens is 354 g/mol. The first-order chi connectivity index (χ1) is 13.6. The first kappa shape index (κ1) is 19.2. The molecule has 0 radical (unpaired) electrons. The Labute approximate surface area is 164 Å². The predicted octanol–water partition coefficient (Wildman–Crippen LogP) is 3.94. The van der Waals surface area contributed by atoms with E-state index < -0.39 is 0 Å². The van der Waals surface area contributed by atoms with E-state index in [0.717, 1.165) is 11.4 Å². The van der Waals surface area contributed by atoms with Crippen LogP contribution in [0.15, 0.2) is 60.8 Å². The van der Waals surface area contributed by atoms with Gasteiger partial charge in [0, 0.05) is 31.7 Å². The maximum absolute atomic E-state index is 12.5. The summed E-state index contributed by atoms with van der Waals surface area (Å²) in [6.07, 6.45) is 1.54. The fourth-order valence-electron chi connectivity index (χ4n) is 2.56. The lowest BCUT2D eigenvalue weighted by molar-refractivity contribution is 0.102. The van der Waals surface area contributed by atoms with Crippen molar-refractivity contribution in [3.05, 3.63) is 66.5 Å². The molecule has 144 valence electrons. The highest BCUT2D eigenvalue weighted by Crippen LogP contribution is 2.26. The van der Waals surface area contributed by atoms with Crippen LogP contribution in [-0.2, 0) is 0 Å². The number of rotatable bonds is 7. The Morgan fingerprint density at radius 3 is 2.54 bits per heavy atom. The van der Waals surface area contributed by atoms with E-state index in [9.17, 15) is 4.79 Å². The van der Waals surface area contributed by atoms with Gasteiger partial charge in [-0.15, -0.1) is 0 Å². The van der Waals surface area contributed by atoms with Crippen LogP contribution >= 0.6 is 0 Å². The average molecular weight is 377 g/mol. The minimum absolute atomic E-state index is 0.267. The van der Waals surface area contributed by atoms with Gasteiger partial charge in [-0.05, 0) is 49.4 Å². The molecule has 0 saturated carbocycles. The molecule has 0 unspecified atom stereocenters. The first-order valence-corrected chi connectivity index (χ1v) is 8.97. The molecule has 2 N–H and O–H groups in total. The van der Waals surface area contributed by atoms with Gasteiger partial charge >= 0.3 is 0 Å². The highest BCUT2D eigenvalue weighted by molar-refractivity contribution is 6.03. The summed E-state index contributed by atoms with van der Waals surface area (Å²) in [7, 11) is 3.93. The standard InChI is InChI=1S/C21H23N5O2/c1-4-28-19-8-6-5-7-17(19)24-21-22-14-13-18(25-21)20(27)23-15-9-11-16(12-10-15)26(2)3/h5-14H,4H2,1-3H3,(H,23,27)(H,22,24,25). The number of hydrogen-bond donors (Lipinski definition) is 2. The minimum Gasteiger partial charge on any atom is -0.492 e. The Morgan fingerprint density at radius 2 is 1.82 bits per heavy atom. The third-order valence-corrected chi connectivity index (χ3v) is 3.96. The summed E-state index contributed by atoms with van der Waals surface area (Å²) in [5.41, 5.74) is 2.76. The van der Waals surface area contributed by atoms with Gasteiger partial charge in [0.15, 0.2) is 0 Å². The highest BCUT2D eigenvalue weighted by atomic mass is 16.5. The fraction of sp³-hybridized carbons (Fsp3) is 0.190. The van der Waals surface area contributed by atoms with Gasteiger partial charge in [0.05, 0.1) is 12.3 Å². The molecule has 0 saturated heterocycles. The van der Waals surface area contributed by atoms with Crippen LogP contribution in [0.2, 0.25) is 0 Å². The van der Waals surface area contributed by atoms with Crippen molar-refractivity contribution < 1.29 is 9.53 Å². The van der Waals surface area contributed by atoms with Crippen LogP contribution < -0.4 is 20.3 Å². The molecule has 28 heavy (non-hydrogen) atoms. The van der Waals surface area contributed by atoms with Crippen molar-refractivity contribution in [3.63, 3.8) is 0 Å². The molecule has 0 aliphatic heterocycles. The summed E-state index contributed by atoms with van der Waals surface area (Å²) in [6.45, 7) is 2.47. The second-order valence-electron chi connectivity index (χ2n) is 6.22. The smallest absolute Gasteiger partial charge is 0.274 e. The average Bonchev–Trinajstić information content (AvgIpc) is 2.70. The third kappa shape index (κ3) is 4.76. The molecule has 1 heterocycles. The number of aromatic nitrogens is 2. The Kier molecular flexibility index (Phi) is 6.06. The fourth-order valence-corrected chi connectivity index (χ4v) is 2.56. The Bertz CT molecular complexity index is 942. The topological polar surface area (TPSA) is 79.4 Å². The monoisotopic (exact) mass is 377 g/mol. The summed E-state index contributed by atoms with van der Waals surface area (Å²) in [5, 5.41) is 5.95. The molecule has 3 rings (SSSR count). The molecule has 7 nitrogen and oxygen atoms in total. The molecule has 1 amide bonds. The van der Waals surface area contributed by atoms with E-state index in [1.165, 1.54) is 0 Å². The number of carbonyl (C=O) groups excluding carboxylic acids is 1. The molecule has 1 aromatic heterocycles. The normalized spacial score (nSPS) is 10.2. The maximum atomic E-state index is 12.5. The van der Waals surface area contributed by atoms with Crippen LogP contribution in [0.5, 0.6) is 5.75 Å². The number of hydrogen-bond acceptors (Lipinski definition) is 6. The number of carbonyl (C=O) groups is 1. The van der Waals surface area contributed by atoms with Crippen molar-refractivity contribution in [1.82, 2.24) is 9.97 Å². The first-order valence-electron chi connectivity index (χ1n) is 8.97. The Balaban J connectivity index is 1.73. The minimum atomic E-state index is -0.304. The lowest BCUT2D eigenvalue weighted by Gasteiger charge is -2.13. The van der Waals surface area contributed by atoms with E-state index in [-0.39, 0.29) is 11.6 Å². The van der Waals surface area contributed by atoms with Crippen molar-refractivity contribution >= 4 is 28.9 Å².